The molecule has 2 amide bonds. The van der Waals surface area contributed by atoms with E-state index in [4.69, 9.17) is 4.74 Å². The monoisotopic (exact) mass is 372 g/mol. The first-order chi connectivity index (χ1) is 13.0. The number of hydrogen-bond donors (Lipinski definition) is 1. The summed E-state index contributed by atoms with van der Waals surface area (Å²) in [5, 5.41) is 3.27. The Morgan fingerprint density at radius 1 is 1.19 bits per heavy atom. The van der Waals surface area contributed by atoms with Crippen LogP contribution in [0.25, 0.3) is 0 Å². The number of methoxy groups -OCH3 is 1. The topological polar surface area (TPSA) is 58.6 Å². The number of rotatable bonds is 5. The Morgan fingerprint density at radius 3 is 2.56 bits per heavy atom. The SMILES string of the molecule is COc1ccccc1CN1C(=O)CCC1(C)C(=O)NC1CCCCCCC1. The van der Waals surface area contributed by atoms with Crippen LogP contribution in [0.1, 0.15) is 70.3 Å². The number of carbonyl (C=O) groups is 2. The summed E-state index contributed by atoms with van der Waals surface area (Å²) in [5.41, 5.74) is 0.139. The van der Waals surface area contributed by atoms with Crippen molar-refractivity contribution in [2.24, 2.45) is 0 Å². The summed E-state index contributed by atoms with van der Waals surface area (Å²) in [6.07, 6.45) is 9.23. The Kier molecular flexibility index (Phi) is 6.40. The maximum absolute atomic E-state index is 13.2. The molecular formula is C22H32N2O3. The predicted octanol–water partition coefficient (Wildman–Crippen LogP) is 3.81. The molecule has 1 saturated heterocycles. The number of amides is 2. The quantitative estimate of drug-likeness (QED) is 0.855. The Morgan fingerprint density at radius 2 is 1.85 bits per heavy atom. The number of nitrogens with zero attached hydrogens (tertiary/aromatic N) is 1. The molecule has 1 N–H and O–H groups in total. The zero-order valence-corrected chi connectivity index (χ0v) is 16.6. The van der Waals surface area contributed by atoms with Gasteiger partial charge in [0, 0.05) is 18.0 Å². The maximum Gasteiger partial charge on any atom is 0.245 e. The number of likely N-dealkylation sites (tertiary alicyclic amines) is 1. The predicted molar refractivity (Wildman–Crippen MR) is 105 cm³/mol. The smallest absolute Gasteiger partial charge is 0.245 e. The number of para-hydroxylation sites is 1. The molecule has 1 unspecified atom stereocenters. The van der Waals surface area contributed by atoms with Gasteiger partial charge in [-0.3, -0.25) is 9.59 Å². The molecule has 0 spiro atoms. The zero-order chi connectivity index (χ0) is 19.3. The van der Waals surface area contributed by atoms with Crippen LogP contribution in [0.5, 0.6) is 5.75 Å². The highest BCUT2D eigenvalue weighted by molar-refractivity contribution is 5.94. The van der Waals surface area contributed by atoms with Crippen molar-refractivity contribution in [3.8, 4) is 5.75 Å². The molecule has 5 nitrogen and oxygen atoms in total. The molecule has 0 radical (unpaired) electrons. The van der Waals surface area contributed by atoms with E-state index in [2.05, 4.69) is 5.32 Å². The van der Waals surface area contributed by atoms with E-state index in [0.29, 0.717) is 19.4 Å². The van der Waals surface area contributed by atoms with Crippen LogP contribution < -0.4 is 10.1 Å². The first kappa shape index (κ1) is 19.7. The molecule has 2 aliphatic rings. The molecule has 27 heavy (non-hydrogen) atoms. The summed E-state index contributed by atoms with van der Waals surface area (Å²) < 4.78 is 5.43. The Hall–Kier alpha value is -2.04. The third-order valence-corrected chi connectivity index (χ3v) is 6.17. The van der Waals surface area contributed by atoms with Crippen LogP contribution in [0.15, 0.2) is 24.3 Å². The van der Waals surface area contributed by atoms with Crippen LogP contribution in [0.3, 0.4) is 0 Å². The van der Waals surface area contributed by atoms with Crippen molar-refractivity contribution in [3.63, 3.8) is 0 Å². The van der Waals surface area contributed by atoms with Gasteiger partial charge in [-0.2, -0.15) is 0 Å². The molecule has 0 bridgehead atoms. The molecule has 1 heterocycles. The third kappa shape index (κ3) is 4.45. The van der Waals surface area contributed by atoms with Crippen molar-refractivity contribution in [3.05, 3.63) is 29.8 Å². The van der Waals surface area contributed by atoms with Gasteiger partial charge in [-0.15, -0.1) is 0 Å². The first-order valence-electron chi connectivity index (χ1n) is 10.3. The maximum atomic E-state index is 13.2. The second-order valence-electron chi connectivity index (χ2n) is 8.08. The minimum absolute atomic E-state index is 0.00572. The van der Waals surface area contributed by atoms with Crippen LogP contribution in [0, 0.1) is 0 Å². The van der Waals surface area contributed by atoms with Crippen molar-refractivity contribution in [2.75, 3.05) is 7.11 Å². The second kappa shape index (κ2) is 8.77. The van der Waals surface area contributed by atoms with Crippen LogP contribution in [-0.2, 0) is 16.1 Å². The molecule has 5 heteroatoms. The van der Waals surface area contributed by atoms with Crippen LogP contribution in [-0.4, -0.2) is 35.4 Å². The van der Waals surface area contributed by atoms with Gasteiger partial charge >= 0.3 is 0 Å². The van der Waals surface area contributed by atoms with Crippen LogP contribution in [0.2, 0.25) is 0 Å². The first-order valence-corrected chi connectivity index (χ1v) is 10.3. The van der Waals surface area contributed by atoms with Gasteiger partial charge in [0.25, 0.3) is 0 Å². The van der Waals surface area contributed by atoms with E-state index in [1.54, 1.807) is 12.0 Å². The molecule has 2 fully saturated rings. The number of hydrogen-bond acceptors (Lipinski definition) is 3. The van der Waals surface area contributed by atoms with Gasteiger partial charge in [0.05, 0.1) is 13.7 Å². The largest absolute Gasteiger partial charge is 0.496 e. The number of benzene rings is 1. The van der Waals surface area contributed by atoms with Gasteiger partial charge < -0.3 is 15.0 Å². The summed E-state index contributed by atoms with van der Waals surface area (Å²) in [4.78, 5) is 27.5. The molecule has 3 rings (SSSR count). The van der Waals surface area contributed by atoms with Gasteiger partial charge in [-0.05, 0) is 32.3 Å². The van der Waals surface area contributed by atoms with E-state index >= 15 is 0 Å². The summed E-state index contributed by atoms with van der Waals surface area (Å²) >= 11 is 0. The van der Waals surface area contributed by atoms with Crippen molar-refractivity contribution in [2.45, 2.75) is 82.8 Å². The van der Waals surface area contributed by atoms with Crippen LogP contribution >= 0.6 is 0 Å². The molecule has 148 valence electrons. The lowest BCUT2D eigenvalue weighted by Crippen LogP contribution is -2.56. The highest BCUT2D eigenvalue weighted by Gasteiger charge is 2.47. The van der Waals surface area contributed by atoms with Crippen LogP contribution in [0.4, 0.5) is 0 Å². The fraction of sp³-hybridized carbons (Fsp3) is 0.636. The van der Waals surface area contributed by atoms with Gasteiger partial charge in [-0.25, -0.2) is 0 Å². The molecule has 0 aromatic heterocycles. The average molecular weight is 373 g/mol. The van der Waals surface area contributed by atoms with Gasteiger partial charge in [0.15, 0.2) is 0 Å². The summed E-state index contributed by atoms with van der Waals surface area (Å²) in [6, 6.07) is 7.93. The third-order valence-electron chi connectivity index (χ3n) is 6.17. The lowest BCUT2D eigenvalue weighted by atomic mass is 9.93. The molecule has 1 saturated carbocycles. The van der Waals surface area contributed by atoms with E-state index in [1.807, 2.05) is 31.2 Å². The van der Waals surface area contributed by atoms with Gasteiger partial charge in [-0.1, -0.05) is 50.3 Å². The lowest BCUT2D eigenvalue weighted by Gasteiger charge is -2.36. The van der Waals surface area contributed by atoms with E-state index in [0.717, 1.165) is 24.2 Å². The highest BCUT2D eigenvalue weighted by Crippen LogP contribution is 2.34. The van der Waals surface area contributed by atoms with Gasteiger partial charge in [0.1, 0.15) is 11.3 Å². The van der Waals surface area contributed by atoms with Crippen molar-refractivity contribution < 1.29 is 14.3 Å². The Bertz CT molecular complexity index is 667. The summed E-state index contributed by atoms with van der Waals surface area (Å²) in [5.74, 6) is 0.782. The minimum Gasteiger partial charge on any atom is -0.496 e. The summed E-state index contributed by atoms with van der Waals surface area (Å²) in [7, 11) is 1.63. The molecule has 1 atom stereocenters. The molecular weight excluding hydrogens is 340 g/mol. The number of carbonyl (C=O) groups excluding carboxylic acids is 2. The van der Waals surface area contributed by atoms with Gasteiger partial charge in [0.2, 0.25) is 11.8 Å². The molecule has 1 aromatic carbocycles. The Balaban J connectivity index is 1.73. The Labute approximate surface area is 162 Å². The van der Waals surface area contributed by atoms with E-state index < -0.39 is 5.54 Å². The van der Waals surface area contributed by atoms with E-state index in [1.165, 1.54) is 32.1 Å². The summed E-state index contributed by atoms with van der Waals surface area (Å²) in [6.45, 7) is 2.31. The van der Waals surface area contributed by atoms with Crippen molar-refractivity contribution in [1.29, 1.82) is 0 Å². The molecule has 1 aromatic rings. The zero-order valence-electron chi connectivity index (χ0n) is 16.6. The standard InChI is InChI=1S/C22H32N2O3/c1-22(21(26)23-18-11-6-4-3-5-7-12-18)15-14-20(25)24(22)16-17-10-8-9-13-19(17)27-2/h8-10,13,18H,3-7,11-12,14-16H2,1-2H3,(H,23,26). The van der Waals surface area contributed by atoms with Crippen molar-refractivity contribution >= 4 is 11.8 Å². The second-order valence-corrected chi connectivity index (χ2v) is 8.08. The number of nitrogens with one attached hydrogen (secondary N) is 1. The van der Waals surface area contributed by atoms with E-state index in [9.17, 15) is 9.59 Å². The fourth-order valence-corrected chi connectivity index (χ4v) is 4.34. The fourth-order valence-electron chi connectivity index (χ4n) is 4.34. The minimum atomic E-state index is -0.791. The number of ether oxygens (including phenoxy) is 1. The average Bonchev–Trinajstić information content (AvgIpc) is 2.94. The van der Waals surface area contributed by atoms with E-state index in [-0.39, 0.29) is 17.9 Å². The highest BCUT2D eigenvalue weighted by atomic mass is 16.5. The lowest BCUT2D eigenvalue weighted by molar-refractivity contribution is -0.141. The molecule has 1 aliphatic carbocycles. The normalized spacial score (nSPS) is 24.4. The molecule has 1 aliphatic heterocycles. The van der Waals surface area contributed by atoms with Crippen molar-refractivity contribution in [1.82, 2.24) is 10.2 Å².